The number of allylic oxidation sites excluding steroid dienone is 14. The van der Waals surface area contributed by atoms with Gasteiger partial charge in [0.1, 0.15) is 6.10 Å². The Balaban J connectivity index is 4.72. The summed E-state index contributed by atoms with van der Waals surface area (Å²) in [7, 11) is 0. The van der Waals surface area contributed by atoms with E-state index in [1.165, 1.54) is 89.9 Å². The van der Waals surface area contributed by atoms with E-state index in [2.05, 4.69) is 111 Å². The van der Waals surface area contributed by atoms with Crippen LogP contribution in [-0.4, -0.2) is 46.9 Å². The van der Waals surface area contributed by atoms with E-state index >= 15 is 0 Å². The van der Waals surface area contributed by atoms with Crippen LogP contribution in [0.25, 0.3) is 0 Å². The summed E-state index contributed by atoms with van der Waals surface area (Å²) in [4.78, 5) is 26.2. The summed E-state index contributed by atoms with van der Waals surface area (Å²) in [5, 5.41) is 23.8. The van der Waals surface area contributed by atoms with Gasteiger partial charge in [0.25, 0.3) is 0 Å². The summed E-state index contributed by atoms with van der Waals surface area (Å²) in [6, 6.07) is -0.725. The fourth-order valence-electron chi connectivity index (χ4n) is 7.49. The fraction of sp³-hybridized carbons (Fsp3) is 0.719. The van der Waals surface area contributed by atoms with Crippen molar-refractivity contribution in [2.45, 2.75) is 257 Å². The smallest absolute Gasteiger partial charge is 0.306 e. The Morgan fingerprint density at radius 3 is 1.33 bits per heavy atom. The molecule has 0 fully saturated rings. The highest BCUT2D eigenvalue weighted by Crippen LogP contribution is 2.17. The molecule has 0 spiro atoms. The van der Waals surface area contributed by atoms with E-state index in [1.54, 1.807) is 0 Å². The van der Waals surface area contributed by atoms with Gasteiger partial charge in [-0.1, -0.05) is 209 Å². The Hall–Kier alpha value is -2.96. The maximum atomic E-state index is 13.2. The number of rotatable bonds is 46. The number of hydrogen-bond donors (Lipinski definition) is 3. The Morgan fingerprint density at radius 1 is 0.476 bits per heavy atom. The van der Waals surface area contributed by atoms with Gasteiger partial charge in [-0.15, -0.1) is 0 Å². The minimum Gasteiger partial charge on any atom is -0.462 e. The van der Waals surface area contributed by atoms with Gasteiger partial charge in [0.05, 0.1) is 25.2 Å². The predicted octanol–water partition coefficient (Wildman–Crippen LogP) is 16.0. The molecule has 0 bridgehead atoms. The number of aliphatic hydroxyl groups excluding tert-OH is 2. The summed E-state index contributed by atoms with van der Waals surface area (Å²) < 4.78 is 5.91. The highest BCUT2D eigenvalue weighted by Gasteiger charge is 2.24. The Bertz CT molecular complexity index is 1210. The van der Waals surface area contributed by atoms with Gasteiger partial charge in [-0.2, -0.15) is 0 Å². The van der Waals surface area contributed by atoms with Crippen molar-refractivity contribution in [2.24, 2.45) is 0 Å². The van der Waals surface area contributed by atoms with Crippen molar-refractivity contribution in [3.63, 3.8) is 0 Å². The second kappa shape index (κ2) is 50.0. The molecule has 0 aliphatic rings. The highest BCUT2D eigenvalue weighted by atomic mass is 16.5. The molecular formula is C57H99NO5. The van der Waals surface area contributed by atoms with Gasteiger partial charge in [0.2, 0.25) is 5.91 Å². The van der Waals surface area contributed by atoms with Gasteiger partial charge in [-0.3, -0.25) is 9.59 Å². The van der Waals surface area contributed by atoms with Crippen molar-refractivity contribution >= 4 is 11.9 Å². The van der Waals surface area contributed by atoms with Crippen molar-refractivity contribution in [1.29, 1.82) is 0 Å². The lowest BCUT2D eigenvalue weighted by atomic mass is 10.0. The van der Waals surface area contributed by atoms with Crippen LogP contribution in [-0.2, 0) is 14.3 Å². The van der Waals surface area contributed by atoms with Crippen LogP contribution in [0, 0.1) is 0 Å². The Morgan fingerprint density at radius 2 is 0.857 bits per heavy atom. The van der Waals surface area contributed by atoms with Crippen LogP contribution < -0.4 is 5.32 Å². The Labute approximate surface area is 389 Å². The third-order valence-corrected chi connectivity index (χ3v) is 11.5. The van der Waals surface area contributed by atoms with Crippen molar-refractivity contribution in [2.75, 3.05) is 6.61 Å². The SMILES string of the molecule is CC/C=C/C/C=C/C/C=C/C/C=C/CCCCCC(=O)OC(CCCC/C=C\C/C=C\C/C=C\CCCCC)CC(=O)NC(CO)C(O)CCCCCCCCCCCCCCC. The number of unbranched alkanes of at least 4 members (excludes halogenated alkanes) is 20. The number of esters is 1. The van der Waals surface area contributed by atoms with Crippen LogP contribution in [0.1, 0.15) is 239 Å². The van der Waals surface area contributed by atoms with Gasteiger partial charge in [0, 0.05) is 6.42 Å². The van der Waals surface area contributed by atoms with E-state index in [0.29, 0.717) is 19.3 Å². The fourth-order valence-corrected chi connectivity index (χ4v) is 7.49. The third-order valence-electron chi connectivity index (χ3n) is 11.5. The van der Waals surface area contributed by atoms with Crippen molar-refractivity contribution in [3.8, 4) is 0 Å². The zero-order valence-corrected chi connectivity index (χ0v) is 41.2. The molecule has 362 valence electrons. The van der Waals surface area contributed by atoms with E-state index in [-0.39, 0.29) is 24.9 Å². The molecule has 1 amide bonds. The normalized spacial score (nSPS) is 13.9. The minimum absolute atomic E-state index is 0.0349. The predicted molar refractivity (Wildman–Crippen MR) is 273 cm³/mol. The molecule has 6 heteroatoms. The second-order valence-electron chi connectivity index (χ2n) is 17.5. The molecule has 0 saturated carbocycles. The summed E-state index contributed by atoms with van der Waals surface area (Å²) in [5.74, 6) is -0.552. The first-order valence-corrected chi connectivity index (χ1v) is 26.3. The number of amides is 1. The first-order valence-electron chi connectivity index (χ1n) is 26.3. The van der Waals surface area contributed by atoms with Crippen molar-refractivity contribution < 1.29 is 24.5 Å². The first kappa shape index (κ1) is 60.0. The Kier molecular flexibility index (Phi) is 47.7. The maximum absolute atomic E-state index is 13.2. The van der Waals surface area contributed by atoms with Gasteiger partial charge in [-0.25, -0.2) is 0 Å². The molecule has 0 saturated heterocycles. The maximum Gasteiger partial charge on any atom is 0.306 e. The quantitative estimate of drug-likeness (QED) is 0.0322. The van der Waals surface area contributed by atoms with Crippen LogP contribution >= 0.6 is 0 Å². The molecular weight excluding hydrogens is 779 g/mol. The zero-order valence-electron chi connectivity index (χ0n) is 41.2. The van der Waals surface area contributed by atoms with Crippen LogP contribution in [0.15, 0.2) is 85.1 Å². The molecule has 0 aliphatic carbocycles. The summed E-state index contributed by atoms with van der Waals surface area (Å²) >= 11 is 0. The molecule has 63 heavy (non-hydrogen) atoms. The van der Waals surface area contributed by atoms with Crippen LogP contribution in [0.4, 0.5) is 0 Å². The first-order chi connectivity index (χ1) is 31.0. The zero-order chi connectivity index (χ0) is 45.9. The lowest BCUT2D eigenvalue weighted by Crippen LogP contribution is -2.46. The van der Waals surface area contributed by atoms with E-state index in [4.69, 9.17) is 4.74 Å². The highest BCUT2D eigenvalue weighted by molar-refractivity contribution is 5.77. The number of aliphatic hydroxyl groups is 2. The van der Waals surface area contributed by atoms with Crippen molar-refractivity contribution in [3.05, 3.63) is 85.1 Å². The second-order valence-corrected chi connectivity index (χ2v) is 17.5. The molecule has 0 radical (unpaired) electrons. The number of nitrogens with one attached hydrogen (secondary N) is 1. The lowest BCUT2D eigenvalue weighted by molar-refractivity contribution is -0.151. The van der Waals surface area contributed by atoms with Gasteiger partial charge in [0.15, 0.2) is 0 Å². The molecule has 3 N–H and O–H groups in total. The minimum atomic E-state index is -0.807. The summed E-state index contributed by atoms with van der Waals surface area (Å²) in [6.45, 7) is 6.32. The van der Waals surface area contributed by atoms with Crippen molar-refractivity contribution in [1.82, 2.24) is 5.32 Å². The molecule has 0 aromatic carbocycles. The molecule has 6 nitrogen and oxygen atoms in total. The molecule has 0 heterocycles. The number of carbonyl (C=O) groups is 2. The van der Waals surface area contributed by atoms with E-state index in [9.17, 15) is 19.8 Å². The number of hydrogen-bond acceptors (Lipinski definition) is 5. The average molecular weight is 878 g/mol. The molecule has 3 atom stereocenters. The van der Waals surface area contributed by atoms with E-state index < -0.39 is 18.2 Å². The topological polar surface area (TPSA) is 95.9 Å². The molecule has 0 aromatic heterocycles. The lowest BCUT2D eigenvalue weighted by Gasteiger charge is -2.24. The third kappa shape index (κ3) is 45.4. The molecule has 0 aromatic rings. The molecule has 0 rings (SSSR count). The van der Waals surface area contributed by atoms with Gasteiger partial charge < -0.3 is 20.3 Å². The van der Waals surface area contributed by atoms with Gasteiger partial charge >= 0.3 is 5.97 Å². The van der Waals surface area contributed by atoms with E-state index in [0.717, 1.165) is 103 Å². The number of ether oxygens (including phenoxy) is 1. The van der Waals surface area contributed by atoms with E-state index in [1.807, 2.05) is 0 Å². The van der Waals surface area contributed by atoms with Gasteiger partial charge in [-0.05, 0) is 103 Å². The largest absolute Gasteiger partial charge is 0.462 e. The monoisotopic (exact) mass is 878 g/mol. The standard InChI is InChI=1S/C57H99NO5/c1-4-7-10-13-16-19-22-25-27-29-32-35-38-41-44-47-50-57(62)63-53(48-45-42-39-36-33-31-28-26-23-20-17-14-11-8-5-2)51-56(61)58-54(52-59)55(60)49-46-43-40-37-34-30-24-21-18-15-12-9-6-3/h7,10,16-17,19-20,25-28,32-33,35-36,53-55,59-60H,4-6,8-9,11-15,18,21-24,29-31,34,37-52H2,1-3H3,(H,58,61)/b10-7+,19-16+,20-17-,27-25+,28-26-,35-32+,36-33-. The molecule has 3 unspecified atom stereocenters. The number of carbonyl (C=O) groups excluding carboxylic acids is 2. The van der Waals surface area contributed by atoms with Crippen LogP contribution in [0.2, 0.25) is 0 Å². The van der Waals surface area contributed by atoms with Crippen LogP contribution in [0.5, 0.6) is 0 Å². The molecule has 0 aliphatic heterocycles. The summed E-state index contributed by atoms with van der Waals surface area (Å²) in [5.41, 5.74) is 0. The van der Waals surface area contributed by atoms with Crippen LogP contribution in [0.3, 0.4) is 0 Å². The summed E-state index contributed by atoms with van der Waals surface area (Å²) in [6.07, 6.45) is 65.0. The average Bonchev–Trinajstić information content (AvgIpc) is 3.28.